The largest absolute Gasteiger partial charge is 0.244 e. The van der Waals surface area contributed by atoms with Crippen LogP contribution >= 0.6 is 0 Å². The Hall–Kier alpha value is -5.07. The van der Waals surface area contributed by atoms with Crippen molar-refractivity contribution in [3.8, 4) is 44.5 Å². The van der Waals surface area contributed by atoms with Crippen molar-refractivity contribution in [2.45, 2.75) is 92.9 Å². The van der Waals surface area contributed by atoms with E-state index < -0.39 is 0 Å². The Morgan fingerprint density at radius 3 is 1.02 bits per heavy atom. The van der Waals surface area contributed by atoms with Gasteiger partial charge in [-0.3, -0.25) is 0 Å². The molecule has 0 aliphatic carbocycles. The summed E-state index contributed by atoms with van der Waals surface area (Å²) in [7, 11) is 0. The summed E-state index contributed by atoms with van der Waals surface area (Å²) in [6.07, 6.45) is 0. The van der Waals surface area contributed by atoms with Gasteiger partial charge >= 0.3 is 0 Å². The highest BCUT2D eigenvalue weighted by Gasteiger charge is 2.44. The zero-order valence-electron chi connectivity index (χ0n) is 34.5. The second-order valence-corrected chi connectivity index (χ2v) is 19.2. The Bertz CT molecular complexity index is 2910. The quantitative estimate of drug-likeness (QED) is 0.126. The highest BCUT2D eigenvalue weighted by atomic mass is 14.3. The molecule has 0 aromatic heterocycles. The summed E-state index contributed by atoms with van der Waals surface area (Å²) in [4.78, 5) is 0. The van der Waals surface area contributed by atoms with Crippen LogP contribution in [-0.2, 0) is 0 Å². The lowest BCUT2D eigenvalue weighted by Gasteiger charge is -2.32. The molecule has 0 radical (unpaired) electrons. The fourth-order valence-electron chi connectivity index (χ4n) is 11.8. The number of benzene rings is 8. The normalized spacial score (nSPS) is 14.1. The summed E-state index contributed by atoms with van der Waals surface area (Å²) in [5, 5.41) is 8.82. The molecule has 0 saturated carbocycles. The number of hydrogen-bond donors (Lipinski definition) is 0. The van der Waals surface area contributed by atoms with E-state index in [2.05, 4.69) is 154 Å². The van der Waals surface area contributed by atoms with Crippen molar-refractivity contribution >= 4 is 78.5 Å². The molecular weight excluding hydrogens is 670 g/mol. The van der Waals surface area contributed by atoms with Gasteiger partial charge in [0.25, 0.3) is 0 Å². The minimum absolute atomic E-state index is 0.236. The molecule has 0 unspecified atom stereocenters. The maximum absolute atomic E-state index is 2.65. The number of aryl methyl sites for hydroxylation is 2. The molecule has 56 heavy (non-hydrogen) atoms. The number of hydrogen-bond acceptors (Lipinski definition) is 0. The minimum Gasteiger partial charge on any atom is -0.0661 e. The van der Waals surface area contributed by atoms with Crippen LogP contribution in [0.1, 0.15) is 112 Å². The molecule has 0 spiro atoms. The van der Waals surface area contributed by atoms with Crippen molar-refractivity contribution in [2.24, 2.45) is 0 Å². The fourth-order valence-corrected chi connectivity index (χ4v) is 11.8. The molecule has 8 aromatic rings. The molecule has 0 nitrogen and oxygen atoms in total. The van der Waals surface area contributed by atoms with Crippen molar-refractivity contribution in [1.29, 1.82) is 0 Å². The average molecular weight is 719 g/mol. The van der Waals surface area contributed by atoms with Gasteiger partial charge in [0.2, 0.25) is 13.4 Å². The molecule has 0 fully saturated rings. The van der Waals surface area contributed by atoms with Gasteiger partial charge in [-0.05, 0) is 148 Å². The fraction of sp³-hybridized carbons (Fsp3) is 0.259. The maximum Gasteiger partial charge on any atom is 0.244 e. The van der Waals surface area contributed by atoms with Crippen LogP contribution in [0.25, 0.3) is 76.8 Å². The van der Waals surface area contributed by atoms with E-state index in [0.29, 0.717) is 23.7 Å². The van der Waals surface area contributed by atoms with Crippen LogP contribution in [0.3, 0.4) is 0 Å². The first-order chi connectivity index (χ1) is 26.9. The van der Waals surface area contributed by atoms with E-state index in [1.807, 2.05) is 0 Å². The molecule has 12 rings (SSSR count). The lowest BCUT2D eigenvalue weighted by molar-refractivity contribution is 0.866. The second-order valence-electron chi connectivity index (χ2n) is 19.2. The van der Waals surface area contributed by atoms with Gasteiger partial charge in [-0.25, -0.2) is 0 Å². The average Bonchev–Trinajstić information content (AvgIpc) is 3.69. The van der Waals surface area contributed by atoms with Crippen molar-refractivity contribution in [3.05, 3.63) is 118 Å². The maximum atomic E-state index is 2.65. The third kappa shape index (κ3) is 3.94. The molecule has 8 aromatic carbocycles. The molecule has 0 amide bonds. The van der Waals surface area contributed by atoms with Gasteiger partial charge < -0.3 is 0 Å². The molecule has 0 bridgehead atoms. The van der Waals surface area contributed by atoms with Crippen LogP contribution in [0.4, 0.5) is 0 Å². The van der Waals surface area contributed by atoms with Gasteiger partial charge in [-0.15, -0.1) is 0 Å². The lowest BCUT2D eigenvalue weighted by atomic mass is 9.34. The minimum atomic E-state index is 0.236. The zero-order chi connectivity index (χ0) is 38.4. The van der Waals surface area contributed by atoms with Crippen LogP contribution in [-0.4, -0.2) is 13.4 Å². The molecule has 4 aliphatic heterocycles. The first-order valence-electron chi connectivity index (χ1n) is 21.4. The van der Waals surface area contributed by atoms with Crippen molar-refractivity contribution in [1.82, 2.24) is 0 Å². The highest BCUT2D eigenvalue weighted by molar-refractivity contribution is 7.03. The van der Waals surface area contributed by atoms with Gasteiger partial charge in [0.15, 0.2) is 0 Å². The van der Waals surface area contributed by atoms with E-state index in [0.717, 1.165) is 0 Å². The smallest absolute Gasteiger partial charge is 0.0661 e. The summed E-state index contributed by atoms with van der Waals surface area (Å²) in [5.41, 5.74) is 29.1. The lowest BCUT2D eigenvalue weighted by Crippen LogP contribution is -2.53. The zero-order valence-corrected chi connectivity index (χ0v) is 34.5. The third-order valence-electron chi connectivity index (χ3n) is 14.8. The van der Waals surface area contributed by atoms with Gasteiger partial charge in [-0.1, -0.05) is 173 Å². The third-order valence-corrected chi connectivity index (χ3v) is 14.8. The predicted octanol–water partition coefficient (Wildman–Crippen LogP) is 10.6. The van der Waals surface area contributed by atoms with Crippen molar-refractivity contribution in [2.75, 3.05) is 0 Å². The summed E-state index contributed by atoms with van der Waals surface area (Å²) in [6, 6.07) is 35.5. The highest BCUT2D eigenvalue weighted by Crippen LogP contribution is 2.49. The van der Waals surface area contributed by atoms with E-state index in [1.165, 1.54) is 143 Å². The number of rotatable bonds is 4. The van der Waals surface area contributed by atoms with Gasteiger partial charge in [0, 0.05) is 0 Å². The van der Waals surface area contributed by atoms with Crippen LogP contribution in [0, 0.1) is 13.8 Å². The van der Waals surface area contributed by atoms with Crippen LogP contribution < -0.4 is 32.8 Å². The van der Waals surface area contributed by atoms with E-state index in [-0.39, 0.29) is 13.4 Å². The molecule has 4 aliphatic rings. The number of fused-ring (bicyclic) bond motifs is 10. The molecule has 0 saturated heterocycles. The SMILES string of the molecule is Cc1cc2c3c(cc4c(C)cc5c6c(cc1c3c46)B1c3ccc(C(C)C)cc3-c3cc(C(C)C)cc-5c31)B1c3ccc(C(C)C)cc3-c3cc(C(C)C)cc-2c31. The Kier molecular flexibility index (Phi) is 6.42. The first kappa shape index (κ1) is 33.1. The van der Waals surface area contributed by atoms with Crippen LogP contribution in [0.15, 0.2) is 84.9 Å². The van der Waals surface area contributed by atoms with E-state index in [1.54, 1.807) is 0 Å². The second kappa shape index (κ2) is 10.9. The molecule has 4 heterocycles. The molecule has 2 heteroatoms. The van der Waals surface area contributed by atoms with Crippen LogP contribution in [0.2, 0.25) is 0 Å². The Morgan fingerprint density at radius 1 is 0.321 bits per heavy atom. The topological polar surface area (TPSA) is 0 Å². The van der Waals surface area contributed by atoms with E-state index in [9.17, 15) is 0 Å². The summed E-state index contributed by atoms with van der Waals surface area (Å²) in [5.74, 6) is 1.88. The molecule has 270 valence electrons. The monoisotopic (exact) mass is 718 g/mol. The molecular formula is C54H48B2. The van der Waals surface area contributed by atoms with Crippen molar-refractivity contribution in [3.63, 3.8) is 0 Å². The summed E-state index contributed by atoms with van der Waals surface area (Å²) >= 11 is 0. The summed E-state index contributed by atoms with van der Waals surface area (Å²) < 4.78 is 0. The van der Waals surface area contributed by atoms with Crippen molar-refractivity contribution < 1.29 is 0 Å². The van der Waals surface area contributed by atoms with E-state index >= 15 is 0 Å². The molecule has 0 atom stereocenters. The Morgan fingerprint density at radius 2 is 0.661 bits per heavy atom. The van der Waals surface area contributed by atoms with Crippen LogP contribution in [0.5, 0.6) is 0 Å². The predicted molar refractivity (Wildman–Crippen MR) is 247 cm³/mol. The Labute approximate surface area is 332 Å². The van der Waals surface area contributed by atoms with E-state index in [4.69, 9.17) is 0 Å². The first-order valence-corrected chi connectivity index (χ1v) is 21.4. The molecule has 0 N–H and O–H groups in total. The van der Waals surface area contributed by atoms with Gasteiger partial charge in [0.05, 0.1) is 0 Å². The van der Waals surface area contributed by atoms with Gasteiger partial charge in [-0.2, -0.15) is 0 Å². The summed E-state index contributed by atoms with van der Waals surface area (Å²) in [6.45, 7) is 24.0. The Balaban J connectivity index is 1.25. The van der Waals surface area contributed by atoms with Gasteiger partial charge in [0.1, 0.15) is 0 Å². The standard InChI is InChI=1S/C54H48B2/c1-25(2)31-11-13-45-37(17-31)41-19-33(27(5)6)21-43-39-15-29(9)36-24-48-50-40(16-30(10)35-23-47(55(45)53(41)43)49(39)51(36)52(35)50)44-22-34(28(7)8)20-42-38-18-32(26(3)4)12-14-46(38)56(48)54(42)44/h11-28H,1-10H3.